The zero-order valence-corrected chi connectivity index (χ0v) is 9.86. The topological polar surface area (TPSA) is 80.6 Å². The molecule has 2 aromatic rings. The highest BCUT2D eigenvalue weighted by molar-refractivity contribution is 5.95. The lowest BCUT2D eigenvalue weighted by molar-refractivity contribution is -0.141. The molecule has 0 spiro atoms. The first-order chi connectivity index (χ1) is 8.77. The minimum absolute atomic E-state index is 0.181. The van der Waals surface area contributed by atoms with Crippen LogP contribution >= 0.6 is 0 Å². The Morgan fingerprint density at radius 2 is 2.05 bits per heavy atom. The maximum atomic E-state index is 12.5. The average molecular weight is 269 g/mol. The summed E-state index contributed by atoms with van der Waals surface area (Å²) in [5.74, 6) is -0.00403. The van der Waals surface area contributed by atoms with Crippen molar-refractivity contribution >= 4 is 5.84 Å². The quantitative estimate of drug-likeness (QED) is 0.645. The van der Waals surface area contributed by atoms with E-state index < -0.39 is 11.9 Å². The second-order valence-corrected chi connectivity index (χ2v) is 3.91. The molecule has 2 aromatic heterocycles. The Balaban J connectivity index is 2.47. The fraction of sp³-hybridized carbons (Fsp3) is 0.182. The molecular weight excluding hydrogens is 259 g/mol. The highest BCUT2D eigenvalue weighted by Gasteiger charge is 2.33. The van der Waals surface area contributed by atoms with Crippen LogP contribution < -0.4 is 5.73 Å². The average Bonchev–Trinajstić information content (AvgIpc) is 2.76. The number of aryl methyl sites for hydroxylation is 1. The Kier molecular flexibility index (Phi) is 3.01. The monoisotopic (exact) mass is 269 g/mol. The van der Waals surface area contributed by atoms with E-state index in [4.69, 9.17) is 11.1 Å². The van der Waals surface area contributed by atoms with Crippen LogP contribution in [0.15, 0.2) is 24.4 Å². The summed E-state index contributed by atoms with van der Waals surface area (Å²) < 4.78 is 38.4. The normalized spacial score (nSPS) is 11.6. The molecule has 0 bridgehead atoms. The molecule has 5 nitrogen and oxygen atoms in total. The number of hydrogen-bond acceptors (Lipinski definition) is 3. The van der Waals surface area contributed by atoms with Gasteiger partial charge in [-0.1, -0.05) is 0 Å². The lowest BCUT2D eigenvalue weighted by atomic mass is 10.2. The highest BCUT2D eigenvalue weighted by atomic mass is 19.4. The van der Waals surface area contributed by atoms with E-state index in [1.165, 1.54) is 6.07 Å². The first-order valence-electron chi connectivity index (χ1n) is 5.23. The van der Waals surface area contributed by atoms with Crippen LogP contribution in [0.5, 0.6) is 0 Å². The van der Waals surface area contributed by atoms with Gasteiger partial charge in [-0.25, -0.2) is 9.67 Å². The van der Waals surface area contributed by atoms with E-state index in [1.807, 2.05) is 0 Å². The first kappa shape index (κ1) is 13.1. The highest BCUT2D eigenvalue weighted by Crippen LogP contribution is 2.27. The van der Waals surface area contributed by atoms with E-state index in [0.717, 1.165) is 16.9 Å². The van der Waals surface area contributed by atoms with Crippen molar-refractivity contribution < 1.29 is 13.2 Å². The van der Waals surface area contributed by atoms with Crippen molar-refractivity contribution in [3.63, 3.8) is 0 Å². The van der Waals surface area contributed by atoms with Crippen LogP contribution in [0, 0.1) is 12.3 Å². The SMILES string of the molecule is Cc1cc(C(=N)N)cc(-n2ccc(C(F)(F)F)n2)n1. The Morgan fingerprint density at radius 1 is 1.37 bits per heavy atom. The molecule has 0 fully saturated rings. The van der Waals surface area contributed by atoms with Crippen molar-refractivity contribution in [2.24, 2.45) is 5.73 Å². The van der Waals surface area contributed by atoms with E-state index >= 15 is 0 Å². The van der Waals surface area contributed by atoms with Crippen LogP contribution in [-0.2, 0) is 6.18 Å². The standard InChI is InChI=1S/C11H10F3N5/c1-6-4-7(10(15)16)5-9(17-6)19-3-2-8(18-19)11(12,13)14/h2-5H,1H3,(H3,15,16). The third-order valence-corrected chi connectivity index (χ3v) is 2.37. The Bertz CT molecular complexity index is 630. The minimum atomic E-state index is -4.50. The number of pyridine rings is 1. The summed E-state index contributed by atoms with van der Waals surface area (Å²) in [7, 11) is 0. The smallest absolute Gasteiger partial charge is 0.384 e. The van der Waals surface area contributed by atoms with Crippen LogP contribution in [0.4, 0.5) is 13.2 Å². The Hall–Kier alpha value is -2.38. The summed E-state index contributed by atoms with van der Waals surface area (Å²) in [6.07, 6.45) is -3.34. The fourth-order valence-electron chi connectivity index (χ4n) is 1.53. The van der Waals surface area contributed by atoms with Gasteiger partial charge in [-0.3, -0.25) is 5.41 Å². The molecule has 0 atom stereocenters. The molecule has 0 saturated carbocycles. The first-order valence-corrected chi connectivity index (χ1v) is 5.23. The second-order valence-electron chi connectivity index (χ2n) is 3.91. The van der Waals surface area contributed by atoms with E-state index in [0.29, 0.717) is 11.3 Å². The number of amidine groups is 1. The van der Waals surface area contributed by atoms with Crippen molar-refractivity contribution in [1.29, 1.82) is 5.41 Å². The number of nitrogens with two attached hydrogens (primary N) is 1. The van der Waals surface area contributed by atoms with Gasteiger partial charge in [-0.05, 0) is 25.1 Å². The molecule has 0 aliphatic heterocycles. The van der Waals surface area contributed by atoms with Gasteiger partial charge in [0.1, 0.15) is 5.84 Å². The number of nitrogens with one attached hydrogen (secondary N) is 1. The van der Waals surface area contributed by atoms with Gasteiger partial charge in [0.25, 0.3) is 0 Å². The maximum absolute atomic E-state index is 12.5. The molecule has 0 saturated heterocycles. The van der Waals surface area contributed by atoms with Crippen LogP contribution in [0.2, 0.25) is 0 Å². The molecular formula is C11H10F3N5. The van der Waals surface area contributed by atoms with Crippen molar-refractivity contribution in [2.75, 3.05) is 0 Å². The van der Waals surface area contributed by atoms with E-state index in [1.54, 1.807) is 13.0 Å². The molecule has 0 amide bonds. The predicted octanol–water partition coefficient (Wildman–Crippen LogP) is 1.88. The molecule has 0 aliphatic carbocycles. The van der Waals surface area contributed by atoms with E-state index in [9.17, 15) is 13.2 Å². The van der Waals surface area contributed by atoms with Crippen molar-refractivity contribution in [3.8, 4) is 5.82 Å². The van der Waals surface area contributed by atoms with E-state index in [2.05, 4.69) is 10.1 Å². The fourth-order valence-corrected chi connectivity index (χ4v) is 1.53. The molecule has 3 N–H and O–H groups in total. The van der Waals surface area contributed by atoms with Gasteiger partial charge in [-0.15, -0.1) is 0 Å². The molecule has 0 radical (unpaired) electrons. The molecule has 0 aromatic carbocycles. The maximum Gasteiger partial charge on any atom is 0.435 e. The van der Waals surface area contributed by atoms with Gasteiger partial charge in [0, 0.05) is 17.5 Å². The lowest BCUT2D eigenvalue weighted by Gasteiger charge is -2.06. The van der Waals surface area contributed by atoms with Gasteiger partial charge in [0.05, 0.1) is 0 Å². The van der Waals surface area contributed by atoms with Crippen LogP contribution in [0.25, 0.3) is 5.82 Å². The predicted molar refractivity (Wildman–Crippen MR) is 62.1 cm³/mol. The Labute approximate surface area is 106 Å². The summed E-state index contributed by atoms with van der Waals surface area (Å²) >= 11 is 0. The van der Waals surface area contributed by atoms with Crippen LogP contribution in [-0.4, -0.2) is 20.6 Å². The number of hydrogen-bond donors (Lipinski definition) is 2. The van der Waals surface area contributed by atoms with Gasteiger partial charge in [0.15, 0.2) is 11.5 Å². The molecule has 0 unspecified atom stereocenters. The van der Waals surface area contributed by atoms with Gasteiger partial charge in [0.2, 0.25) is 0 Å². The third-order valence-electron chi connectivity index (χ3n) is 2.37. The molecule has 2 heterocycles. The Morgan fingerprint density at radius 3 is 2.58 bits per heavy atom. The summed E-state index contributed by atoms with van der Waals surface area (Å²) in [4.78, 5) is 4.06. The van der Waals surface area contributed by atoms with Crippen molar-refractivity contribution in [1.82, 2.24) is 14.8 Å². The lowest BCUT2D eigenvalue weighted by Crippen LogP contribution is -2.13. The van der Waals surface area contributed by atoms with Crippen LogP contribution in [0.3, 0.4) is 0 Å². The summed E-state index contributed by atoms with van der Waals surface area (Å²) in [5, 5.41) is 10.7. The van der Waals surface area contributed by atoms with E-state index in [-0.39, 0.29) is 11.7 Å². The summed E-state index contributed by atoms with van der Waals surface area (Å²) in [6, 6.07) is 3.83. The number of aromatic nitrogens is 3. The van der Waals surface area contributed by atoms with Crippen molar-refractivity contribution in [3.05, 3.63) is 41.3 Å². The summed E-state index contributed by atoms with van der Waals surface area (Å²) in [5.41, 5.74) is 5.27. The van der Waals surface area contributed by atoms with Gasteiger partial charge >= 0.3 is 6.18 Å². The van der Waals surface area contributed by atoms with Crippen LogP contribution in [0.1, 0.15) is 17.0 Å². The number of nitrogen functional groups attached to an aromatic ring is 1. The van der Waals surface area contributed by atoms with Gasteiger partial charge in [-0.2, -0.15) is 18.3 Å². The number of nitrogens with zero attached hydrogens (tertiary/aromatic N) is 3. The third kappa shape index (κ3) is 2.72. The van der Waals surface area contributed by atoms with Gasteiger partial charge < -0.3 is 5.73 Å². The zero-order chi connectivity index (χ0) is 14.2. The number of halogens is 3. The number of rotatable bonds is 2. The molecule has 8 heteroatoms. The van der Waals surface area contributed by atoms with Crippen molar-refractivity contribution in [2.45, 2.75) is 13.1 Å². The molecule has 0 aliphatic rings. The minimum Gasteiger partial charge on any atom is -0.384 e. The zero-order valence-electron chi connectivity index (χ0n) is 9.86. The largest absolute Gasteiger partial charge is 0.435 e. The molecule has 2 rings (SSSR count). The number of alkyl halides is 3. The molecule has 19 heavy (non-hydrogen) atoms. The second kappa shape index (κ2) is 4.38. The molecule has 100 valence electrons. The summed E-state index contributed by atoms with van der Waals surface area (Å²) in [6.45, 7) is 1.66.